The van der Waals surface area contributed by atoms with Crippen molar-refractivity contribution < 1.29 is 9.90 Å². The molecule has 18 heavy (non-hydrogen) atoms. The number of aromatic nitrogens is 1. The van der Waals surface area contributed by atoms with Gasteiger partial charge >= 0.3 is 0 Å². The van der Waals surface area contributed by atoms with Crippen LogP contribution in [0.1, 0.15) is 15.9 Å². The number of pyridine rings is 1. The highest BCUT2D eigenvalue weighted by molar-refractivity contribution is 6.31. The predicted octanol–water partition coefficient (Wildman–Crippen LogP) is 3.00. The van der Waals surface area contributed by atoms with Crippen LogP contribution in [0.2, 0.25) is 5.02 Å². The number of nitrogens with zero attached hydrogens (tertiary/aromatic N) is 1. The van der Waals surface area contributed by atoms with Gasteiger partial charge in [-0.15, -0.1) is 0 Å². The zero-order valence-electron chi connectivity index (χ0n) is 9.64. The molecule has 92 valence electrons. The van der Waals surface area contributed by atoms with Crippen molar-refractivity contribution in [2.75, 3.05) is 5.32 Å². The topological polar surface area (TPSA) is 62.2 Å². The highest BCUT2D eigenvalue weighted by Gasteiger charge is 2.12. The number of rotatable bonds is 2. The third-order valence-electron chi connectivity index (χ3n) is 2.47. The first kappa shape index (κ1) is 12.4. The lowest BCUT2D eigenvalue weighted by Crippen LogP contribution is -2.13. The van der Waals surface area contributed by atoms with Crippen LogP contribution < -0.4 is 5.32 Å². The summed E-state index contributed by atoms with van der Waals surface area (Å²) in [4.78, 5) is 15.9. The summed E-state index contributed by atoms with van der Waals surface area (Å²) in [6, 6.07) is 6.05. The summed E-state index contributed by atoms with van der Waals surface area (Å²) >= 11 is 5.71. The van der Waals surface area contributed by atoms with Gasteiger partial charge in [-0.2, -0.15) is 0 Å². The van der Waals surface area contributed by atoms with E-state index in [2.05, 4.69) is 10.3 Å². The average Bonchev–Trinajstić information content (AvgIpc) is 2.32. The van der Waals surface area contributed by atoms with Crippen molar-refractivity contribution in [3.63, 3.8) is 0 Å². The monoisotopic (exact) mass is 262 g/mol. The third kappa shape index (κ3) is 2.60. The van der Waals surface area contributed by atoms with E-state index in [9.17, 15) is 9.90 Å². The number of aryl methyl sites for hydroxylation is 1. The molecule has 2 rings (SSSR count). The molecule has 0 saturated heterocycles. The summed E-state index contributed by atoms with van der Waals surface area (Å²) in [6.07, 6.45) is 3.24. The maximum Gasteiger partial charge on any atom is 0.259 e. The Balaban J connectivity index is 2.25. The minimum atomic E-state index is -0.390. The van der Waals surface area contributed by atoms with E-state index in [4.69, 9.17) is 11.6 Å². The number of aromatic hydroxyl groups is 1. The molecule has 2 N–H and O–H groups in total. The van der Waals surface area contributed by atoms with Crippen LogP contribution in [0.3, 0.4) is 0 Å². The SMILES string of the molecule is Cc1cnccc1NC(=O)c1ccc(Cl)cc1O. The minimum Gasteiger partial charge on any atom is -0.507 e. The zero-order valence-corrected chi connectivity index (χ0v) is 10.4. The highest BCUT2D eigenvalue weighted by atomic mass is 35.5. The lowest BCUT2D eigenvalue weighted by atomic mass is 10.1. The van der Waals surface area contributed by atoms with Crippen molar-refractivity contribution >= 4 is 23.2 Å². The Morgan fingerprint density at radius 2 is 2.17 bits per heavy atom. The van der Waals surface area contributed by atoms with Gasteiger partial charge in [-0.25, -0.2) is 0 Å². The summed E-state index contributed by atoms with van der Waals surface area (Å²) in [5, 5.41) is 12.7. The van der Waals surface area contributed by atoms with Gasteiger partial charge in [0, 0.05) is 23.1 Å². The van der Waals surface area contributed by atoms with Crippen molar-refractivity contribution in [2.45, 2.75) is 6.92 Å². The van der Waals surface area contributed by atoms with Crippen molar-refractivity contribution in [1.82, 2.24) is 4.98 Å². The van der Waals surface area contributed by atoms with E-state index in [0.717, 1.165) is 5.56 Å². The van der Waals surface area contributed by atoms with Crippen LogP contribution in [0.15, 0.2) is 36.7 Å². The molecule has 1 heterocycles. The summed E-state index contributed by atoms with van der Waals surface area (Å²) in [5.74, 6) is -0.537. The Kier molecular flexibility index (Phi) is 3.48. The van der Waals surface area contributed by atoms with Crippen LogP contribution >= 0.6 is 11.6 Å². The van der Waals surface area contributed by atoms with E-state index < -0.39 is 5.91 Å². The van der Waals surface area contributed by atoms with Crippen LogP contribution in [0.4, 0.5) is 5.69 Å². The normalized spacial score (nSPS) is 10.1. The van der Waals surface area contributed by atoms with E-state index in [1.54, 1.807) is 24.5 Å². The number of anilines is 1. The smallest absolute Gasteiger partial charge is 0.259 e. The zero-order chi connectivity index (χ0) is 13.1. The molecule has 1 aromatic heterocycles. The Morgan fingerprint density at radius 1 is 1.39 bits per heavy atom. The van der Waals surface area contributed by atoms with Crippen LogP contribution in [0, 0.1) is 6.92 Å². The Morgan fingerprint density at radius 3 is 2.83 bits per heavy atom. The molecule has 0 bridgehead atoms. The van der Waals surface area contributed by atoms with Gasteiger partial charge in [0.1, 0.15) is 5.75 Å². The fourth-order valence-corrected chi connectivity index (χ4v) is 1.67. The van der Waals surface area contributed by atoms with E-state index >= 15 is 0 Å². The van der Waals surface area contributed by atoms with Gasteiger partial charge < -0.3 is 10.4 Å². The number of carbonyl (C=O) groups is 1. The van der Waals surface area contributed by atoms with Crippen molar-refractivity contribution in [3.8, 4) is 5.75 Å². The lowest BCUT2D eigenvalue weighted by Gasteiger charge is -2.08. The largest absolute Gasteiger partial charge is 0.507 e. The number of halogens is 1. The van der Waals surface area contributed by atoms with E-state index in [0.29, 0.717) is 10.7 Å². The highest BCUT2D eigenvalue weighted by Crippen LogP contribution is 2.23. The van der Waals surface area contributed by atoms with Gasteiger partial charge in [0.15, 0.2) is 0 Å². The predicted molar refractivity (Wildman–Crippen MR) is 70.0 cm³/mol. The van der Waals surface area contributed by atoms with Crippen LogP contribution in [0.5, 0.6) is 5.75 Å². The first-order valence-electron chi connectivity index (χ1n) is 5.28. The number of phenols is 1. The quantitative estimate of drug-likeness (QED) is 0.875. The van der Waals surface area contributed by atoms with Crippen molar-refractivity contribution in [1.29, 1.82) is 0 Å². The van der Waals surface area contributed by atoms with Crippen molar-refractivity contribution in [3.05, 3.63) is 52.8 Å². The summed E-state index contributed by atoms with van der Waals surface area (Å²) in [6.45, 7) is 1.84. The molecular weight excluding hydrogens is 252 g/mol. The first-order valence-corrected chi connectivity index (χ1v) is 5.66. The molecule has 0 radical (unpaired) electrons. The molecule has 0 unspecified atom stereocenters. The molecular formula is C13H11ClN2O2. The molecule has 0 saturated carbocycles. The molecule has 0 fully saturated rings. The van der Waals surface area contributed by atoms with Gasteiger partial charge in [-0.1, -0.05) is 11.6 Å². The second kappa shape index (κ2) is 5.06. The number of nitrogens with one attached hydrogen (secondary N) is 1. The lowest BCUT2D eigenvalue weighted by molar-refractivity contribution is 0.102. The molecule has 5 heteroatoms. The number of amides is 1. The third-order valence-corrected chi connectivity index (χ3v) is 2.71. The average molecular weight is 263 g/mol. The molecule has 4 nitrogen and oxygen atoms in total. The second-order valence-corrected chi connectivity index (χ2v) is 4.24. The standard InChI is InChI=1S/C13H11ClN2O2/c1-8-7-15-5-4-11(8)16-13(18)10-3-2-9(14)6-12(10)17/h2-7,17H,1H3,(H,15,16,18). The molecule has 0 aliphatic carbocycles. The van der Waals surface area contributed by atoms with Gasteiger partial charge in [0.05, 0.1) is 5.56 Å². The fourth-order valence-electron chi connectivity index (χ4n) is 1.50. The Labute approximate surface area is 109 Å². The van der Waals surface area contributed by atoms with Crippen molar-refractivity contribution in [2.24, 2.45) is 0 Å². The number of hydrogen-bond acceptors (Lipinski definition) is 3. The Hall–Kier alpha value is -2.07. The van der Waals surface area contributed by atoms with Gasteiger partial charge in [0.2, 0.25) is 0 Å². The summed E-state index contributed by atoms with van der Waals surface area (Å²) < 4.78 is 0. The molecule has 0 atom stereocenters. The van der Waals surface area contributed by atoms with Crippen LogP contribution in [0.25, 0.3) is 0 Å². The number of phenolic OH excluding ortho intramolecular Hbond substituents is 1. The number of carbonyl (C=O) groups excluding carboxylic acids is 1. The van der Waals surface area contributed by atoms with Gasteiger partial charge in [-0.05, 0) is 36.8 Å². The Bertz CT molecular complexity index is 599. The summed E-state index contributed by atoms with van der Waals surface area (Å²) in [5.41, 5.74) is 1.68. The molecule has 0 aliphatic rings. The van der Waals surface area contributed by atoms with E-state index in [1.165, 1.54) is 12.1 Å². The van der Waals surface area contributed by atoms with Crippen LogP contribution in [-0.4, -0.2) is 16.0 Å². The van der Waals surface area contributed by atoms with Gasteiger partial charge in [0.25, 0.3) is 5.91 Å². The first-order chi connectivity index (χ1) is 8.58. The molecule has 1 aromatic carbocycles. The molecule has 1 amide bonds. The number of benzene rings is 1. The molecule has 2 aromatic rings. The molecule has 0 aliphatic heterocycles. The van der Waals surface area contributed by atoms with E-state index in [1.807, 2.05) is 6.92 Å². The minimum absolute atomic E-state index is 0.147. The summed E-state index contributed by atoms with van der Waals surface area (Å²) in [7, 11) is 0. The maximum absolute atomic E-state index is 12.0. The van der Waals surface area contributed by atoms with E-state index in [-0.39, 0.29) is 11.3 Å². The van der Waals surface area contributed by atoms with Gasteiger partial charge in [-0.3, -0.25) is 9.78 Å². The second-order valence-electron chi connectivity index (χ2n) is 3.81. The maximum atomic E-state index is 12.0. The fraction of sp³-hybridized carbons (Fsp3) is 0.0769. The van der Waals surface area contributed by atoms with Crippen LogP contribution in [-0.2, 0) is 0 Å². The number of hydrogen-bond donors (Lipinski definition) is 2. The molecule has 0 spiro atoms.